The first kappa shape index (κ1) is 20.1. The van der Waals surface area contributed by atoms with Crippen LogP contribution < -0.4 is 10.1 Å². The molecule has 0 unspecified atom stereocenters. The summed E-state index contributed by atoms with van der Waals surface area (Å²) in [6, 6.07) is 5.12. The van der Waals surface area contributed by atoms with E-state index in [2.05, 4.69) is 21.2 Å². The van der Waals surface area contributed by atoms with E-state index < -0.39 is 35.1 Å². The normalized spacial score (nSPS) is 12.0. The van der Waals surface area contributed by atoms with Gasteiger partial charge in [-0.2, -0.15) is 26.3 Å². The third-order valence-corrected chi connectivity index (χ3v) is 3.96. The Morgan fingerprint density at radius 1 is 0.962 bits per heavy atom. The molecule has 0 saturated carbocycles. The molecule has 26 heavy (non-hydrogen) atoms. The Balaban J connectivity index is 2.44. The van der Waals surface area contributed by atoms with E-state index in [4.69, 9.17) is 4.74 Å². The van der Waals surface area contributed by atoms with Crippen molar-refractivity contribution in [3.63, 3.8) is 0 Å². The van der Waals surface area contributed by atoms with Crippen LogP contribution in [-0.4, -0.2) is 13.0 Å². The van der Waals surface area contributed by atoms with Crippen LogP contribution in [0.25, 0.3) is 0 Å². The molecule has 0 aliphatic heterocycles. The molecule has 10 heteroatoms. The lowest BCUT2D eigenvalue weighted by atomic mass is 10.1. The van der Waals surface area contributed by atoms with E-state index >= 15 is 0 Å². The summed E-state index contributed by atoms with van der Waals surface area (Å²) in [5.41, 5.74) is -3.69. The van der Waals surface area contributed by atoms with Crippen molar-refractivity contribution in [3.05, 3.63) is 57.6 Å². The molecule has 0 aliphatic rings. The van der Waals surface area contributed by atoms with E-state index in [0.717, 1.165) is 0 Å². The van der Waals surface area contributed by atoms with E-state index in [1.165, 1.54) is 25.3 Å². The second kappa shape index (κ2) is 7.18. The standard InChI is InChI=1S/C16H10BrF6NO2/c1-26-11-2-3-13(17)12(7-11)14(25)24-10-5-8(15(18,19)20)4-9(6-10)16(21,22)23/h2-7H,1H3,(H,24,25). The van der Waals surface area contributed by atoms with E-state index in [1.54, 1.807) is 0 Å². The number of halogens is 7. The molecule has 0 bridgehead atoms. The van der Waals surface area contributed by atoms with Crippen LogP contribution >= 0.6 is 15.9 Å². The molecule has 0 heterocycles. The average molecular weight is 442 g/mol. The number of hydrogen-bond acceptors (Lipinski definition) is 2. The first-order valence-electron chi connectivity index (χ1n) is 6.86. The lowest BCUT2D eigenvalue weighted by Gasteiger charge is -2.15. The Morgan fingerprint density at radius 2 is 1.50 bits per heavy atom. The highest BCUT2D eigenvalue weighted by Gasteiger charge is 2.37. The van der Waals surface area contributed by atoms with Gasteiger partial charge in [-0.25, -0.2) is 0 Å². The maximum atomic E-state index is 12.9. The van der Waals surface area contributed by atoms with Crippen molar-refractivity contribution in [1.82, 2.24) is 0 Å². The summed E-state index contributed by atoms with van der Waals surface area (Å²) in [4.78, 5) is 12.3. The molecule has 2 rings (SSSR count). The van der Waals surface area contributed by atoms with Gasteiger partial charge < -0.3 is 10.1 Å². The van der Waals surface area contributed by atoms with Gasteiger partial charge in [0.25, 0.3) is 5.91 Å². The molecule has 2 aromatic rings. The van der Waals surface area contributed by atoms with Crippen molar-refractivity contribution in [2.75, 3.05) is 12.4 Å². The van der Waals surface area contributed by atoms with E-state index in [9.17, 15) is 31.1 Å². The number of alkyl halides is 6. The number of carbonyl (C=O) groups is 1. The van der Waals surface area contributed by atoms with Crippen LogP contribution in [0.15, 0.2) is 40.9 Å². The molecule has 0 atom stereocenters. The molecule has 1 N–H and O–H groups in total. The molecule has 2 aromatic carbocycles. The predicted octanol–water partition coefficient (Wildman–Crippen LogP) is 5.75. The molecule has 0 spiro atoms. The second-order valence-electron chi connectivity index (χ2n) is 5.09. The Bertz CT molecular complexity index is 800. The first-order chi connectivity index (χ1) is 11.9. The zero-order valence-corrected chi connectivity index (χ0v) is 14.5. The number of ether oxygens (including phenoxy) is 1. The highest BCUT2D eigenvalue weighted by atomic mass is 79.9. The van der Waals surface area contributed by atoms with Gasteiger partial charge in [0, 0.05) is 10.2 Å². The van der Waals surface area contributed by atoms with Gasteiger partial charge in [0.1, 0.15) is 5.75 Å². The molecule has 0 radical (unpaired) electrons. The van der Waals surface area contributed by atoms with Crippen molar-refractivity contribution in [3.8, 4) is 5.75 Å². The van der Waals surface area contributed by atoms with Crippen molar-refractivity contribution in [1.29, 1.82) is 0 Å². The first-order valence-corrected chi connectivity index (χ1v) is 7.65. The number of nitrogens with one attached hydrogen (secondary N) is 1. The summed E-state index contributed by atoms with van der Waals surface area (Å²) in [5.74, 6) is -0.610. The molecule has 0 aliphatic carbocycles. The third kappa shape index (κ3) is 4.69. The Morgan fingerprint density at radius 3 is 1.96 bits per heavy atom. The van der Waals surface area contributed by atoms with Crippen LogP contribution in [0.3, 0.4) is 0 Å². The lowest BCUT2D eigenvalue weighted by molar-refractivity contribution is -0.143. The fraction of sp³-hybridized carbons (Fsp3) is 0.188. The minimum Gasteiger partial charge on any atom is -0.497 e. The van der Waals surface area contributed by atoms with Crippen LogP contribution in [0.4, 0.5) is 32.0 Å². The van der Waals surface area contributed by atoms with Crippen LogP contribution in [0.1, 0.15) is 21.5 Å². The number of benzene rings is 2. The van der Waals surface area contributed by atoms with Gasteiger partial charge in [0.2, 0.25) is 0 Å². The number of hydrogen-bond donors (Lipinski definition) is 1. The van der Waals surface area contributed by atoms with Crippen LogP contribution in [-0.2, 0) is 12.4 Å². The van der Waals surface area contributed by atoms with Gasteiger partial charge >= 0.3 is 12.4 Å². The summed E-state index contributed by atoms with van der Waals surface area (Å²) >= 11 is 3.09. The molecule has 140 valence electrons. The fourth-order valence-electron chi connectivity index (χ4n) is 2.03. The SMILES string of the molecule is COc1ccc(Br)c(C(=O)Nc2cc(C(F)(F)F)cc(C(F)(F)F)c2)c1. The number of amides is 1. The number of carbonyl (C=O) groups excluding carboxylic acids is 1. The maximum absolute atomic E-state index is 12.9. The monoisotopic (exact) mass is 441 g/mol. The fourth-order valence-corrected chi connectivity index (χ4v) is 2.46. The molecular weight excluding hydrogens is 432 g/mol. The van der Waals surface area contributed by atoms with Gasteiger partial charge in [0.15, 0.2) is 0 Å². The van der Waals surface area contributed by atoms with Crippen LogP contribution in [0.2, 0.25) is 0 Å². The molecule has 1 amide bonds. The summed E-state index contributed by atoms with van der Waals surface area (Å²) in [6.07, 6.45) is -10.0. The van der Waals surface area contributed by atoms with Gasteiger partial charge in [-0.1, -0.05) is 0 Å². The van der Waals surface area contributed by atoms with Gasteiger partial charge in [0.05, 0.1) is 23.8 Å². The number of methoxy groups -OCH3 is 1. The third-order valence-electron chi connectivity index (χ3n) is 3.26. The highest BCUT2D eigenvalue weighted by molar-refractivity contribution is 9.10. The minimum absolute atomic E-state index is 0.0167. The van der Waals surface area contributed by atoms with E-state index in [-0.39, 0.29) is 11.6 Å². The zero-order chi connectivity index (χ0) is 19.7. The Kier molecular flexibility index (Phi) is 5.55. The Hall–Kier alpha value is -2.23. The molecule has 0 aromatic heterocycles. The largest absolute Gasteiger partial charge is 0.497 e. The van der Waals surface area contributed by atoms with Gasteiger partial charge in [-0.3, -0.25) is 4.79 Å². The highest BCUT2D eigenvalue weighted by Crippen LogP contribution is 2.37. The van der Waals surface area contributed by atoms with Crippen molar-refractivity contribution in [2.45, 2.75) is 12.4 Å². The van der Waals surface area contributed by atoms with E-state index in [0.29, 0.717) is 22.4 Å². The lowest BCUT2D eigenvalue weighted by Crippen LogP contribution is -2.16. The smallest absolute Gasteiger partial charge is 0.416 e. The molecular formula is C16H10BrF6NO2. The van der Waals surface area contributed by atoms with Gasteiger partial charge in [-0.05, 0) is 52.3 Å². The quantitative estimate of drug-likeness (QED) is 0.616. The topological polar surface area (TPSA) is 38.3 Å². The summed E-state index contributed by atoms with van der Waals surface area (Å²) < 4.78 is 82.4. The minimum atomic E-state index is -5.00. The van der Waals surface area contributed by atoms with Crippen molar-refractivity contribution < 1.29 is 35.9 Å². The Labute approximate surface area is 152 Å². The van der Waals surface area contributed by atoms with Crippen LogP contribution in [0, 0.1) is 0 Å². The summed E-state index contributed by atoms with van der Waals surface area (Å²) in [5, 5.41) is 2.05. The zero-order valence-electron chi connectivity index (χ0n) is 12.9. The number of rotatable bonds is 3. The van der Waals surface area contributed by atoms with Gasteiger partial charge in [-0.15, -0.1) is 0 Å². The number of anilines is 1. The molecule has 3 nitrogen and oxygen atoms in total. The van der Waals surface area contributed by atoms with Crippen LogP contribution in [0.5, 0.6) is 5.75 Å². The van der Waals surface area contributed by atoms with Crippen molar-refractivity contribution in [2.24, 2.45) is 0 Å². The molecule has 0 saturated heterocycles. The molecule has 0 fully saturated rings. The van der Waals surface area contributed by atoms with E-state index in [1.807, 2.05) is 0 Å². The summed E-state index contributed by atoms with van der Waals surface area (Å²) in [7, 11) is 1.34. The predicted molar refractivity (Wildman–Crippen MR) is 85.1 cm³/mol. The second-order valence-corrected chi connectivity index (χ2v) is 5.95. The summed E-state index contributed by atoms with van der Waals surface area (Å²) in [6.45, 7) is 0. The average Bonchev–Trinajstić information content (AvgIpc) is 2.53. The van der Waals surface area contributed by atoms with Crippen molar-refractivity contribution >= 4 is 27.5 Å². The maximum Gasteiger partial charge on any atom is 0.416 e.